The highest BCUT2D eigenvalue weighted by Gasteiger charge is 2.35. The van der Waals surface area contributed by atoms with E-state index in [0.29, 0.717) is 6.54 Å². The lowest BCUT2D eigenvalue weighted by molar-refractivity contribution is -0.130. The Kier molecular flexibility index (Phi) is 7.63. The fourth-order valence-corrected chi connectivity index (χ4v) is 5.10. The third-order valence-electron chi connectivity index (χ3n) is 7.09. The van der Waals surface area contributed by atoms with Crippen LogP contribution in [0.5, 0.6) is 0 Å². The molecule has 2 unspecified atom stereocenters. The van der Waals surface area contributed by atoms with Gasteiger partial charge in [0.15, 0.2) is 5.78 Å². The minimum atomic E-state index is -0.901. The molecule has 7 heteroatoms. The molecule has 0 saturated carbocycles. The van der Waals surface area contributed by atoms with Crippen molar-refractivity contribution in [3.63, 3.8) is 0 Å². The van der Waals surface area contributed by atoms with Crippen LogP contribution in [-0.4, -0.2) is 53.8 Å². The summed E-state index contributed by atoms with van der Waals surface area (Å²) < 4.78 is 0. The van der Waals surface area contributed by atoms with E-state index in [0.717, 1.165) is 48.2 Å². The lowest BCUT2D eigenvalue weighted by Gasteiger charge is -2.40. The number of aromatic nitrogens is 1. The lowest BCUT2D eigenvalue weighted by Crippen LogP contribution is -2.52. The molecule has 1 amide bonds. The Labute approximate surface area is 217 Å². The molecule has 2 atom stereocenters. The number of rotatable bonds is 9. The SMILES string of the molecule is NC(CC(=O)NCc1ccccc1)C(=O)C(c1c[nH]c2ccccc12)N1CCN(c2ccccc2)CC1. The summed E-state index contributed by atoms with van der Waals surface area (Å²) in [5, 5.41) is 3.90. The van der Waals surface area contributed by atoms with Crippen molar-refractivity contribution < 1.29 is 9.59 Å². The summed E-state index contributed by atoms with van der Waals surface area (Å²) in [4.78, 5) is 34.4. The molecule has 5 rings (SSSR count). The summed E-state index contributed by atoms with van der Waals surface area (Å²) in [5.74, 6) is -0.357. The maximum atomic E-state index is 13.9. The number of carbonyl (C=O) groups is 2. The van der Waals surface area contributed by atoms with Crippen LogP contribution in [0, 0.1) is 0 Å². The number of hydrogen-bond acceptors (Lipinski definition) is 5. The van der Waals surface area contributed by atoms with E-state index >= 15 is 0 Å². The number of amides is 1. The number of H-pyrrole nitrogens is 1. The second-order valence-electron chi connectivity index (χ2n) is 9.53. The first kappa shape index (κ1) is 24.7. The minimum absolute atomic E-state index is 0.0471. The highest BCUT2D eigenvalue weighted by molar-refractivity contribution is 5.97. The molecule has 1 aliphatic heterocycles. The zero-order valence-electron chi connectivity index (χ0n) is 20.8. The topological polar surface area (TPSA) is 94.5 Å². The summed E-state index contributed by atoms with van der Waals surface area (Å²) in [6.07, 6.45) is 1.87. The Balaban J connectivity index is 1.32. The zero-order valence-corrected chi connectivity index (χ0v) is 20.8. The third kappa shape index (κ3) is 5.74. The number of benzene rings is 3. The fraction of sp³-hybridized carbons (Fsp3) is 0.267. The summed E-state index contributed by atoms with van der Waals surface area (Å²) in [7, 11) is 0. The number of anilines is 1. The summed E-state index contributed by atoms with van der Waals surface area (Å²) in [5.41, 5.74) is 10.5. The molecule has 37 heavy (non-hydrogen) atoms. The maximum absolute atomic E-state index is 13.9. The van der Waals surface area contributed by atoms with Gasteiger partial charge in [-0.1, -0.05) is 66.7 Å². The van der Waals surface area contributed by atoms with Crippen molar-refractivity contribution in [1.82, 2.24) is 15.2 Å². The van der Waals surface area contributed by atoms with Crippen LogP contribution in [0.25, 0.3) is 10.9 Å². The number of nitrogens with two attached hydrogens (primary N) is 1. The van der Waals surface area contributed by atoms with Crippen molar-refractivity contribution >= 4 is 28.3 Å². The number of ketones is 1. The normalized spacial score (nSPS) is 15.9. The van der Waals surface area contributed by atoms with Gasteiger partial charge >= 0.3 is 0 Å². The molecule has 4 N–H and O–H groups in total. The van der Waals surface area contributed by atoms with Crippen LogP contribution in [0.3, 0.4) is 0 Å². The van der Waals surface area contributed by atoms with Gasteiger partial charge in [0.2, 0.25) is 5.91 Å². The van der Waals surface area contributed by atoms with Crippen LogP contribution in [0.1, 0.15) is 23.6 Å². The van der Waals surface area contributed by atoms with Crippen LogP contribution in [0.4, 0.5) is 5.69 Å². The van der Waals surface area contributed by atoms with Gasteiger partial charge in [-0.05, 0) is 23.8 Å². The second kappa shape index (κ2) is 11.4. The van der Waals surface area contributed by atoms with Gasteiger partial charge in [0.25, 0.3) is 0 Å². The van der Waals surface area contributed by atoms with Crippen LogP contribution in [0.2, 0.25) is 0 Å². The van der Waals surface area contributed by atoms with E-state index in [2.05, 4.69) is 32.2 Å². The van der Waals surface area contributed by atoms with Crippen molar-refractivity contribution in [2.75, 3.05) is 31.1 Å². The molecule has 0 bridgehead atoms. The molecule has 0 spiro atoms. The molecule has 3 aromatic carbocycles. The number of para-hydroxylation sites is 2. The first-order chi connectivity index (χ1) is 18.1. The van der Waals surface area contributed by atoms with Gasteiger partial charge in [-0.3, -0.25) is 14.5 Å². The lowest BCUT2D eigenvalue weighted by atomic mass is 9.93. The number of Topliss-reactive ketones (excluding diaryl/α,β-unsaturated/α-hetero) is 1. The Hall–Kier alpha value is -3.94. The predicted molar refractivity (Wildman–Crippen MR) is 147 cm³/mol. The van der Waals surface area contributed by atoms with Crippen LogP contribution in [0.15, 0.2) is 91.1 Å². The molecule has 1 aromatic heterocycles. The van der Waals surface area contributed by atoms with Gasteiger partial charge in [0.05, 0.1) is 12.1 Å². The van der Waals surface area contributed by atoms with E-state index in [-0.39, 0.29) is 18.1 Å². The van der Waals surface area contributed by atoms with Gasteiger partial charge in [0, 0.05) is 67.5 Å². The van der Waals surface area contributed by atoms with Crippen molar-refractivity contribution in [1.29, 1.82) is 0 Å². The quantitative estimate of drug-likeness (QED) is 0.330. The average molecular weight is 496 g/mol. The van der Waals surface area contributed by atoms with E-state index in [1.807, 2.05) is 79.0 Å². The number of piperazine rings is 1. The third-order valence-corrected chi connectivity index (χ3v) is 7.09. The molecule has 7 nitrogen and oxygen atoms in total. The van der Waals surface area contributed by atoms with E-state index in [4.69, 9.17) is 5.73 Å². The van der Waals surface area contributed by atoms with Crippen LogP contribution >= 0.6 is 0 Å². The molecule has 2 heterocycles. The number of hydrogen-bond donors (Lipinski definition) is 3. The van der Waals surface area contributed by atoms with E-state index in [9.17, 15) is 9.59 Å². The Bertz CT molecular complexity index is 1330. The summed E-state index contributed by atoms with van der Waals surface area (Å²) in [6.45, 7) is 3.47. The Morgan fingerprint density at radius 2 is 1.51 bits per heavy atom. The molecular weight excluding hydrogens is 462 g/mol. The standard InChI is InChI=1S/C30H33N5O2/c31-26(19-28(36)33-20-22-9-3-1-4-10-22)30(37)29(25-21-32-27-14-8-7-13-24(25)27)35-17-15-34(16-18-35)23-11-5-2-6-12-23/h1-14,21,26,29,32H,15-20,31H2,(H,33,36). The average Bonchev–Trinajstić information content (AvgIpc) is 3.37. The Morgan fingerprint density at radius 3 is 2.24 bits per heavy atom. The molecule has 1 fully saturated rings. The molecule has 1 aliphatic rings. The van der Waals surface area contributed by atoms with E-state index in [1.54, 1.807) is 0 Å². The molecule has 0 aliphatic carbocycles. The number of fused-ring (bicyclic) bond motifs is 1. The van der Waals surface area contributed by atoms with E-state index < -0.39 is 12.1 Å². The number of aromatic amines is 1. The van der Waals surface area contributed by atoms with E-state index in [1.165, 1.54) is 5.69 Å². The largest absolute Gasteiger partial charge is 0.369 e. The molecule has 190 valence electrons. The van der Waals surface area contributed by atoms with Crippen LogP contribution < -0.4 is 16.0 Å². The van der Waals surface area contributed by atoms with Gasteiger partial charge in [-0.15, -0.1) is 0 Å². The van der Waals surface area contributed by atoms with Gasteiger partial charge < -0.3 is 20.9 Å². The van der Waals surface area contributed by atoms with Gasteiger partial charge in [-0.2, -0.15) is 0 Å². The number of nitrogens with one attached hydrogen (secondary N) is 2. The molecular formula is C30H33N5O2. The molecule has 1 saturated heterocycles. The monoisotopic (exact) mass is 495 g/mol. The zero-order chi connectivity index (χ0) is 25.6. The van der Waals surface area contributed by atoms with Crippen molar-refractivity contribution in [2.24, 2.45) is 5.73 Å². The number of nitrogens with zero attached hydrogens (tertiary/aromatic N) is 2. The van der Waals surface area contributed by atoms with Crippen molar-refractivity contribution in [3.8, 4) is 0 Å². The molecule has 0 radical (unpaired) electrons. The van der Waals surface area contributed by atoms with Gasteiger partial charge in [0.1, 0.15) is 0 Å². The summed E-state index contributed by atoms with van der Waals surface area (Å²) >= 11 is 0. The first-order valence-electron chi connectivity index (χ1n) is 12.8. The van der Waals surface area contributed by atoms with Crippen molar-refractivity contribution in [2.45, 2.75) is 25.0 Å². The predicted octanol–water partition coefficient (Wildman–Crippen LogP) is 3.63. The highest BCUT2D eigenvalue weighted by Crippen LogP contribution is 2.31. The minimum Gasteiger partial charge on any atom is -0.369 e. The highest BCUT2D eigenvalue weighted by atomic mass is 16.2. The van der Waals surface area contributed by atoms with Crippen LogP contribution in [-0.2, 0) is 16.1 Å². The van der Waals surface area contributed by atoms with Gasteiger partial charge in [-0.25, -0.2) is 0 Å². The smallest absolute Gasteiger partial charge is 0.222 e. The Morgan fingerprint density at radius 1 is 0.865 bits per heavy atom. The molecule has 4 aromatic rings. The van der Waals surface area contributed by atoms with Crippen molar-refractivity contribution in [3.05, 3.63) is 102 Å². The first-order valence-corrected chi connectivity index (χ1v) is 12.8. The summed E-state index contributed by atoms with van der Waals surface area (Å²) in [6, 6.07) is 26.6. The number of carbonyl (C=O) groups excluding carboxylic acids is 2. The fourth-order valence-electron chi connectivity index (χ4n) is 5.10. The second-order valence-corrected chi connectivity index (χ2v) is 9.53. The maximum Gasteiger partial charge on any atom is 0.222 e.